The average Bonchev–Trinajstić information content (AvgIpc) is 2.66. The Balaban J connectivity index is 2.00. The number of nitrogens with zero attached hydrogens (tertiary/aromatic N) is 1. The van der Waals surface area contributed by atoms with Crippen LogP contribution in [0.25, 0.3) is 0 Å². The monoisotopic (exact) mass is 495 g/mol. The predicted molar refractivity (Wildman–Crippen MR) is 107 cm³/mol. The molecule has 176 valence electrons. The maximum atomic E-state index is 13.9. The lowest BCUT2D eigenvalue weighted by molar-refractivity contribution is -0.137. The number of hydrogen-bond donors (Lipinski definition) is 0. The molecule has 0 bridgehead atoms. The van der Waals surface area contributed by atoms with Crippen molar-refractivity contribution in [1.82, 2.24) is 4.98 Å². The van der Waals surface area contributed by atoms with E-state index < -0.39 is 53.0 Å². The quantitative estimate of drug-likeness (QED) is 0.595. The maximum absolute atomic E-state index is 13.9. The van der Waals surface area contributed by atoms with Crippen LogP contribution in [-0.4, -0.2) is 39.4 Å². The number of hydrogen-bond acceptors (Lipinski definition) is 6. The summed E-state index contributed by atoms with van der Waals surface area (Å²) in [7, 11) is -7.90. The molecule has 1 aromatic heterocycles. The molecule has 0 N–H and O–H groups in total. The number of ether oxygens (including phenoxy) is 1. The number of halogens is 4. The van der Waals surface area contributed by atoms with Gasteiger partial charge in [0.2, 0.25) is 0 Å². The molecule has 3 rings (SSSR count). The third kappa shape index (κ3) is 4.67. The molecule has 1 saturated heterocycles. The molecular weight excluding hydrogens is 474 g/mol. The van der Waals surface area contributed by atoms with Crippen molar-refractivity contribution < 1.29 is 39.1 Å². The molecule has 0 aliphatic carbocycles. The van der Waals surface area contributed by atoms with E-state index in [4.69, 9.17) is 4.74 Å². The van der Waals surface area contributed by atoms with E-state index in [0.29, 0.717) is 23.4 Å². The largest absolute Gasteiger partial charge is 0.416 e. The second kappa shape index (κ2) is 8.07. The third-order valence-electron chi connectivity index (χ3n) is 5.55. The van der Waals surface area contributed by atoms with Gasteiger partial charge in [0.25, 0.3) is 0 Å². The van der Waals surface area contributed by atoms with Crippen molar-refractivity contribution >= 4 is 19.7 Å². The van der Waals surface area contributed by atoms with Gasteiger partial charge in [-0.3, -0.25) is 4.98 Å². The van der Waals surface area contributed by atoms with E-state index in [1.807, 2.05) is 0 Å². The Morgan fingerprint density at radius 1 is 1.09 bits per heavy atom. The van der Waals surface area contributed by atoms with Crippen LogP contribution in [-0.2, 0) is 30.6 Å². The van der Waals surface area contributed by atoms with Crippen molar-refractivity contribution in [3.63, 3.8) is 0 Å². The summed E-state index contributed by atoms with van der Waals surface area (Å²) in [5.74, 6) is -1.31. The normalized spacial score (nSPS) is 22.7. The lowest BCUT2D eigenvalue weighted by Crippen LogP contribution is -2.42. The number of sulfone groups is 2. The van der Waals surface area contributed by atoms with Crippen molar-refractivity contribution in [2.45, 2.75) is 53.5 Å². The minimum atomic E-state index is -4.91. The van der Waals surface area contributed by atoms with E-state index >= 15 is 0 Å². The minimum Gasteiger partial charge on any atom is -0.372 e. The van der Waals surface area contributed by atoms with Crippen LogP contribution < -0.4 is 0 Å². The summed E-state index contributed by atoms with van der Waals surface area (Å²) in [6.07, 6.45) is -3.76. The Morgan fingerprint density at radius 2 is 1.75 bits per heavy atom. The first-order valence-corrected chi connectivity index (χ1v) is 12.8. The van der Waals surface area contributed by atoms with Gasteiger partial charge < -0.3 is 4.74 Å². The van der Waals surface area contributed by atoms with E-state index in [-0.39, 0.29) is 30.4 Å². The molecular formula is C20H21F4NO5S2. The van der Waals surface area contributed by atoms with Gasteiger partial charge >= 0.3 is 6.18 Å². The molecule has 1 aliphatic rings. The fraction of sp³-hybridized carbons (Fsp3) is 0.450. The molecule has 2 atom stereocenters. The van der Waals surface area contributed by atoms with Crippen LogP contribution in [0.5, 0.6) is 0 Å². The molecule has 1 aromatic carbocycles. The molecule has 0 radical (unpaired) electrons. The van der Waals surface area contributed by atoms with Crippen molar-refractivity contribution in [2.24, 2.45) is 0 Å². The summed E-state index contributed by atoms with van der Waals surface area (Å²) in [6.45, 7) is 2.94. The van der Waals surface area contributed by atoms with E-state index in [0.717, 1.165) is 12.5 Å². The van der Waals surface area contributed by atoms with Gasteiger partial charge in [0.05, 0.1) is 25.8 Å². The lowest BCUT2D eigenvalue weighted by Gasteiger charge is -2.38. The molecule has 32 heavy (non-hydrogen) atoms. The van der Waals surface area contributed by atoms with Gasteiger partial charge in [0.15, 0.2) is 19.7 Å². The zero-order valence-corrected chi connectivity index (χ0v) is 19.0. The molecule has 0 spiro atoms. The van der Waals surface area contributed by atoms with Crippen LogP contribution in [0, 0.1) is 12.7 Å². The summed E-state index contributed by atoms with van der Waals surface area (Å²) in [5.41, 5.74) is -0.601. The van der Waals surface area contributed by atoms with Crippen molar-refractivity contribution in [1.29, 1.82) is 0 Å². The highest BCUT2D eigenvalue weighted by molar-refractivity contribution is 7.92. The number of aryl methyl sites for hydroxylation is 1. The van der Waals surface area contributed by atoms with Crippen molar-refractivity contribution in [3.8, 4) is 0 Å². The number of rotatable bonds is 4. The van der Waals surface area contributed by atoms with Gasteiger partial charge in [-0.2, -0.15) is 13.2 Å². The highest BCUT2D eigenvalue weighted by atomic mass is 32.2. The maximum Gasteiger partial charge on any atom is 0.416 e. The smallest absolute Gasteiger partial charge is 0.372 e. The molecule has 2 unspecified atom stereocenters. The predicted octanol–water partition coefficient (Wildman–Crippen LogP) is 4.04. The summed E-state index contributed by atoms with van der Waals surface area (Å²) in [4.78, 5) is 3.37. The average molecular weight is 496 g/mol. The minimum absolute atomic E-state index is 0.00983. The topological polar surface area (TPSA) is 90.4 Å². The van der Waals surface area contributed by atoms with Crippen LogP contribution in [0.15, 0.2) is 40.3 Å². The van der Waals surface area contributed by atoms with Gasteiger partial charge in [-0.15, -0.1) is 0 Å². The fourth-order valence-corrected chi connectivity index (χ4v) is 6.13. The van der Waals surface area contributed by atoms with E-state index in [1.165, 1.54) is 13.0 Å². The summed E-state index contributed by atoms with van der Waals surface area (Å²) in [6, 6.07) is 2.64. The van der Waals surface area contributed by atoms with E-state index in [1.54, 1.807) is 6.92 Å². The first-order valence-electron chi connectivity index (χ1n) is 9.45. The number of benzene rings is 1. The highest BCUT2D eigenvalue weighted by Crippen LogP contribution is 2.43. The molecule has 2 aromatic rings. The second-order valence-electron chi connectivity index (χ2n) is 8.09. The van der Waals surface area contributed by atoms with Gasteiger partial charge in [-0.1, -0.05) is 0 Å². The fourth-order valence-electron chi connectivity index (χ4n) is 3.66. The van der Waals surface area contributed by atoms with Crippen LogP contribution >= 0.6 is 0 Å². The van der Waals surface area contributed by atoms with Gasteiger partial charge in [-0.25, -0.2) is 21.2 Å². The standard InChI is InChI=1S/C20H21F4NO5S2/c1-12-6-16(31(3,26)27)11-25-18(12)17-10-19(2,4-5-30-17)32(28,29)15-8-13(20(22,23)24)7-14(21)9-15/h6-9,11,17H,4-5,10H2,1-3H3. The molecule has 12 heteroatoms. The Bertz CT molecular complexity index is 1260. The molecule has 1 aliphatic heterocycles. The van der Waals surface area contributed by atoms with Crippen LogP contribution in [0.2, 0.25) is 0 Å². The third-order valence-corrected chi connectivity index (χ3v) is 9.16. The van der Waals surface area contributed by atoms with Gasteiger partial charge in [0, 0.05) is 19.1 Å². The van der Waals surface area contributed by atoms with Gasteiger partial charge in [0.1, 0.15) is 11.9 Å². The first kappa shape index (κ1) is 24.6. The van der Waals surface area contributed by atoms with Crippen LogP contribution in [0.1, 0.15) is 42.7 Å². The van der Waals surface area contributed by atoms with Gasteiger partial charge in [-0.05, 0) is 56.5 Å². The number of aromatic nitrogens is 1. The second-order valence-corrected chi connectivity index (χ2v) is 12.6. The Labute approximate surface area is 183 Å². The Hall–Kier alpha value is -2.05. The van der Waals surface area contributed by atoms with E-state index in [9.17, 15) is 34.4 Å². The summed E-state index contributed by atoms with van der Waals surface area (Å²) >= 11 is 0. The van der Waals surface area contributed by atoms with Crippen LogP contribution in [0.4, 0.5) is 17.6 Å². The zero-order chi connectivity index (χ0) is 24.1. The molecule has 6 nitrogen and oxygen atoms in total. The number of alkyl halides is 3. The zero-order valence-electron chi connectivity index (χ0n) is 17.4. The van der Waals surface area contributed by atoms with Crippen molar-refractivity contribution in [2.75, 3.05) is 12.9 Å². The molecule has 2 heterocycles. The Kier molecular flexibility index (Phi) is 6.20. The van der Waals surface area contributed by atoms with Crippen LogP contribution in [0.3, 0.4) is 0 Å². The number of pyridine rings is 1. The highest BCUT2D eigenvalue weighted by Gasteiger charge is 2.46. The van der Waals surface area contributed by atoms with Crippen molar-refractivity contribution in [3.05, 3.63) is 53.1 Å². The first-order chi connectivity index (χ1) is 14.5. The van der Waals surface area contributed by atoms with E-state index in [2.05, 4.69) is 4.98 Å². The molecule has 0 saturated carbocycles. The molecule has 0 amide bonds. The summed E-state index contributed by atoms with van der Waals surface area (Å²) < 4.78 is 107. The lowest BCUT2D eigenvalue weighted by atomic mass is 9.93. The molecule has 1 fully saturated rings. The summed E-state index contributed by atoms with van der Waals surface area (Å²) in [5, 5.41) is 0. The Morgan fingerprint density at radius 3 is 2.31 bits per heavy atom. The SMILES string of the molecule is Cc1cc(S(C)(=O)=O)cnc1C1CC(C)(S(=O)(=O)c2cc(F)cc(C(F)(F)F)c2)CCO1.